The van der Waals surface area contributed by atoms with E-state index in [1.165, 1.54) is 0 Å². The van der Waals surface area contributed by atoms with Crippen LogP contribution in [-0.2, 0) is 8.85 Å². The van der Waals surface area contributed by atoms with Gasteiger partial charge in [0.1, 0.15) is 0 Å². The molecule has 0 saturated heterocycles. The first-order valence-corrected chi connectivity index (χ1v) is 8.46. The molecule has 2 nitrogen and oxygen atoms in total. The summed E-state index contributed by atoms with van der Waals surface area (Å²) in [6.07, 6.45) is 4.54. The van der Waals surface area contributed by atoms with E-state index in [0.29, 0.717) is 0 Å². The number of hydrogen-bond donors (Lipinski definition) is 0. The third kappa shape index (κ3) is 6.13. The van der Waals surface area contributed by atoms with E-state index in [0.717, 1.165) is 18.9 Å². The second-order valence-corrected chi connectivity index (χ2v) is 7.45. The fourth-order valence-corrected chi connectivity index (χ4v) is 4.21. The van der Waals surface area contributed by atoms with Crippen molar-refractivity contribution in [2.24, 2.45) is 0 Å². The van der Waals surface area contributed by atoms with Crippen LogP contribution in [0.25, 0.3) is 0 Å². The highest BCUT2D eigenvalue weighted by Gasteiger charge is 2.33. The third-order valence-corrected chi connectivity index (χ3v) is 5.40. The SMILES string of the molecule is C=CC[Si](C)(OC(C)CC)OC(C)CC. The molecule has 0 aromatic heterocycles. The molecule has 0 heterocycles. The lowest BCUT2D eigenvalue weighted by Crippen LogP contribution is -2.43. The Balaban J connectivity index is 4.36. The number of rotatable bonds is 8. The second-order valence-electron chi connectivity index (χ2n) is 4.30. The summed E-state index contributed by atoms with van der Waals surface area (Å²) in [5, 5.41) is 0. The number of hydrogen-bond acceptors (Lipinski definition) is 2. The van der Waals surface area contributed by atoms with Crippen molar-refractivity contribution in [2.75, 3.05) is 0 Å². The summed E-state index contributed by atoms with van der Waals surface area (Å²) in [7, 11) is -2.04. The van der Waals surface area contributed by atoms with Crippen LogP contribution in [0.15, 0.2) is 12.7 Å². The minimum atomic E-state index is -2.04. The molecular formula is C12H26O2Si. The molecule has 15 heavy (non-hydrogen) atoms. The van der Waals surface area contributed by atoms with Crippen molar-refractivity contribution < 1.29 is 8.85 Å². The molecular weight excluding hydrogens is 204 g/mol. The first-order valence-electron chi connectivity index (χ1n) is 5.94. The first kappa shape index (κ1) is 14.9. The topological polar surface area (TPSA) is 18.5 Å². The monoisotopic (exact) mass is 230 g/mol. The Kier molecular flexibility index (Phi) is 7.14. The molecule has 0 aromatic carbocycles. The lowest BCUT2D eigenvalue weighted by molar-refractivity contribution is 0.0933. The summed E-state index contributed by atoms with van der Waals surface area (Å²) < 4.78 is 12.1. The van der Waals surface area contributed by atoms with Gasteiger partial charge in [-0.15, -0.1) is 6.58 Å². The Morgan fingerprint density at radius 2 is 1.53 bits per heavy atom. The lowest BCUT2D eigenvalue weighted by Gasteiger charge is -2.31. The largest absolute Gasteiger partial charge is 0.391 e. The van der Waals surface area contributed by atoms with Crippen LogP contribution < -0.4 is 0 Å². The summed E-state index contributed by atoms with van der Waals surface area (Å²) >= 11 is 0. The zero-order valence-electron chi connectivity index (χ0n) is 10.9. The van der Waals surface area contributed by atoms with E-state index in [4.69, 9.17) is 8.85 Å². The van der Waals surface area contributed by atoms with E-state index in [-0.39, 0.29) is 12.2 Å². The van der Waals surface area contributed by atoms with Gasteiger partial charge in [-0.2, -0.15) is 0 Å². The Hall–Kier alpha value is -0.123. The van der Waals surface area contributed by atoms with Crippen LogP contribution in [0.4, 0.5) is 0 Å². The lowest BCUT2D eigenvalue weighted by atomic mass is 10.3. The van der Waals surface area contributed by atoms with Crippen molar-refractivity contribution in [3.63, 3.8) is 0 Å². The molecule has 0 N–H and O–H groups in total. The van der Waals surface area contributed by atoms with Crippen LogP contribution in [-0.4, -0.2) is 20.8 Å². The summed E-state index contributed by atoms with van der Waals surface area (Å²) in [4.78, 5) is 0. The van der Waals surface area contributed by atoms with Crippen molar-refractivity contribution in [3.8, 4) is 0 Å². The Labute approximate surface area is 95.9 Å². The summed E-state index contributed by atoms with van der Waals surface area (Å²) in [5.74, 6) is 0. The molecule has 2 atom stereocenters. The van der Waals surface area contributed by atoms with Crippen LogP contribution in [0.1, 0.15) is 40.5 Å². The van der Waals surface area contributed by atoms with Gasteiger partial charge in [0.15, 0.2) is 0 Å². The van der Waals surface area contributed by atoms with Gasteiger partial charge in [-0.25, -0.2) is 0 Å². The molecule has 0 amide bonds. The van der Waals surface area contributed by atoms with Gasteiger partial charge in [0.2, 0.25) is 0 Å². The van der Waals surface area contributed by atoms with Gasteiger partial charge in [-0.1, -0.05) is 19.9 Å². The highest BCUT2D eigenvalue weighted by atomic mass is 28.4. The van der Waals surface area contributed by atoms with Crippen LogP contribution in [0.5, 0.6) is 0 Å². The van der Waals surface area contributed by atoms with Crippen LogP contribution in [0.3, 0.4) is 0 Å². The van der Waals surface area contributed by atoms with E-state index in [1.807, 2.05) is 6.08 Å². The summed E-state index contributed by atoms with van der Waals surface area (Å²) in [6, 6.07) is 0.863. The molecule has 0 bridgehead atoms. The number of allylic oxidation sites excluding steroid dienone is 1. The average Bonchev–Trinajstić information content (AvgIpc) is 2.17. The van der Waals surface area contributed by atoms with E-state index in [2.05, 4.69) is 40.8 Å². The third-order valence-electron chi connectivity index (χ3n) is 2.57. The minimum absolute atomic E-state index is 0.283. The smallest absolute Gasteiger partial charge is 0.339 e. The minimum Gasteiger partial charge on any atom is -0.391 e. The van der Waals surface area contributed by atoms with Gasteiger partial charge in [0, 0.05) is 18.3 Å². The molecule has 0 rings (SSSR count). The van der Waals surface area contributed by atoms with Gasteiger partial charge >= 0.3 is 8.56 Å². The van der Waals surface area contributed by atoms with Crippen molar-refractivity contribution in [3.05, 3.63) is 12.7 Å². The molecule has 0 radical (unpaired) electrons. The van der Waals surface area contributed by atoms with Crippen LogP contribution in [0.2, 0.25) is 12.6 Å². The predicted molar refractivity (Wildman–Crippen MR) is 68.3 cm³/mol. The van der Waals surface area contributed by atoms with Gasteiger partial charge in [0.25, 0.3) is 0 Å². The highest BCUT2D eigenvalue weighted by Crippen LogP contribution is 2.20. The second kappa shape index (κ2) is 7.20. The van der Waals surface area contributed by atoms with Crippen LogP contribution in [0, 0.1) is 0 Å². The summed E-state index contributed by atoms with van der Waals surface area (Å²) in [5.41, 5.74) is 0. The predicted octanol–water partition coefficient (Wildman–Crippen LogP) is 3.87. The van der Waals surface area contributed by atoms with E-state index in [1.54, 1.807) is 0 Å². The normalized spacial score (nSPS) is 19.3. The standard InChI is InChI=1S/C12H26O2Si/c1-7-10-15(6,13-11(4)8-2)14-12(5)9-3/h7,11-12H,1,8-10H2,2-6H3. The maximum atomic E-state index is 6.05. The molecule has 0 aliphatic carbocycles. The van der Waals surface area contributed by atoms with E-state index >= 15 is 0 Å². The van der Waals surface area contributed by atoms with Crippen molar-refractivity contribution in [1.29, 1.82) is 0 Å². The maximum absolute atomic E-state index is 6.05. The molecule has 0 aromatic rings. The first-order chi connectivity index (χ1) is 6.97. The Morgan fingerprint density at radius 1 is 1.13 bits per heavy atom. The molecule has 0 fully saturated rings. The Bertz CT molecular complexity index is 170. The summed E-state index contributed by atoms with van der Waals surface area (Å²) in [6.45, 7) is 14.4. The highest BCUT2D eigenvalue weighted by molar-refractivity contribution is 6.66. The van der Waals surface area contributed by atoms with E-state index in [9.17, 15) is 0 Å². The molecule has 0 saturated carbocycles. The van der Waals surface area contributed by atoms with Gasteiger partial charge in [-0.3, -0.25) is 0 Å². The van der Waals surface area contributed by atoms with Gasteiger partial charge in [0.05, 0.1) is 0 Å². The van der Waals surface area contributed by atoms with Crippen molar-refractivity contribution in [2.45, 2.75) is 65.3 Å². The fourth-order valence-electron chi connectivity index (χ4n) is 1.40. The zero-order chi connectivity index (χ0) is 11.9. The van der Waals surface area contributed by atoms with Gasteiger partial charge < -0.3 is 8.85 Å². The molecule has 0 aliphatic heterocycles. The zero-order valence-corrected chi connectivity index (χ0v) is 11.9. The van der Waals surface area contributed by atoms with E-state index < -0.39 is 8.56 Å². The molecule has 0 aliphatic rings. The molecule has 3 heteroatoms. The van der Waals surface area contributed by atoms with Gasteiger partial charge in [-0.05, 0) is 33.2 Å². The molecule has 90 valence electrons. The average molecular weight is 230 g/mol. The van der Waals surface area contributed by atoms with Crippen molar-refractivity contribution >= 4 is 8.56 Å². The maximum Gasteiger partial charge on any atom is 0.339 e. The van der Waals surface area contributed by atoms with Crippen molar-refractivity contribution in [1.82, 2.24) is 0 Å². The Morgan fingerprint density at radius 3 is 1.80 bits per heavy atom. The quantitative estimate of drug-likeness (QED) is 0.465. The fraction of sp³-hybridized carbons (Fsp3) is 0.833. The molecule has 0 spiro atoms. The van der Waals surface area contributed by atoms with Crippen LogP contribution >= 0.6 is 0 Å². The molecule has 2 unspecified atom stereocenters.